The van der Waals surface area contributed by atoms with Gasteiger partial charge in [0.2, 0.25) is 0 Å². The molecular weight excluding hydrogens is 447 g/mol. The lowest BCUT2D eigenvalue weighted by molar-refractivity contribution is 0.102. The number of aryl methyl sites for hydroxylation is 2. The highest BCUT2D eigenvalue weighted by Crippen LogP contribution is 2.32. The zero-order valence-corrected chi connectivity index (χ0v) is 20.0. The first-order chi connectivity index (χ1) is 15.0. The van der Waals surface area contributed by atoms with Crippen LogP contribution in [0.2, 0.25) is 5.02 Å². The number of halogens is 2. The Morgan fingerprint density at radius 1 is 1.19 bits per heavy atom. The quantitative estimate of drug-likeness (QED) is 0.526. The number of anilines is 1. The zero-order chi connectivity index (χ0) is 22.0. The zero-order valence-electron chi connectivity index (χ0n) is 18.4. The molecule has 8 heteroatoms. The summed E-state index contributed by atoms with van der Waals surface area (Å²) in [6, 6.07) is 11.5. The molecule has 0 radical (unpaired) electrons. The SMILES string of the molecule is COc1ccc(NC(=O)c2cnn(-c3ccc(C)cc3C)c2C2CCNCC2)cc1Cl.Cl. The van der Waals surface area contributed by atoms with Crippen LogP contribution in [0.4, 0.5) is 5.69 Å². The van der Waals surface area contributed by atoms with Crippen molar-refractivity contribution in [3.63, 3.8) is 0 Å². The Bertz CT molecular complexity index is 1110. The number of nitrogens with zero attached hydrogens (tertiary/aromatic N) is 2. The molecule has 1 saturated heterocycles. The first-order valence-corrected chi connectivity index (χ1v) is 10.9. The van der Waals surface area contributed by atoms with Crippen LogP contribution in [0.3, 0.4) is 0 Å². The summed E-state index contributed by atoms with van der Waals surface area (Å²) in [6.45, 7) is 6.01. The summed E-state index contributed by atoms with van der Waals surface area (Å²) in [6.07, 6.45) is 3.60. The second kappa shape index (κ2) is 10.4. The number of hydrogen-bond donors (Lipinski definition) is 2. The molecule has 2 N–H and O–H groups in total. The predicted octanol–water partition coefficient (Wildman–Crippen LogP) is 5.29. The molecule has 0 aliphatic carbocycles. The molecule has 3 aromatic rings. The van der Waals surface area contributed by atoms with E-state index in [4.69, 9.17) is 16.3 Å². The topological polar surface area (TPSA) is 68.2 Å². The predicted molar refractivity (Wildman–Crippen MR) is 131 cm³/mol. The van der Waals surface area contributed by atoms with Crippen LogP contribution < -0.4 is 15.4 Å². The summed E-state index contributed by atoms with van der Waals surface area (Å²) in [4.78, 5) is 13.3. The van der Waals surface area contributed by atoms with Crippen LogP contribution in [0.25, 0.3) is 5.69 Å². The van der Waals surface area contributed by atoms with Gasteiger partial charge in [0.1, 0.15) is 5.75 Å². The number of carbonyl (C=O) groups excluding carboxylic acids is 1. The van der Waals surface area contributed by atoms with Crippen molar-refractivity contribution in [2.24, 2.45) is 0 Å². The highest BCUT2D eigenvalue weighted by molar-refractivity contribution is 6.32. The van der Waals surface area contributed by atoms with Gasteiger partial charge in [-0.15, -0.1) is 12.4 Å². The highest BCUT2D eigenvalue weighted by Gasteiger charge is 2.27. The van der Waals surface area contributed by atoms with Gasteiger partial charge in [0, 0.05) is 11.6 Å². The van der Waals surface area contributed by atoms with Crippen molar-refractivity contribution in [1.29, 1.82) is 0 Å². The third kappa shape index (κ3) is 4.93. The summed E-state index contributed by atoms with van der Waals surface area (Å²) in [7, 11) is 1.56. The number of hydrogen-bond acceptors (Lipinski definition) is 4. The van der Waals surface area contributed by atoms with Crippen molar-refractivity contribution in [1.82, 2.24) is 15.1 Å². The molecular formula is C24H28Cl2N4O2. The van der Waals surface area contributed by atoms with E-state index < -0.39 is 0 Å². The smallest absolute Gasteiger partial charge is 0.259 e. The molecule has 6 nitrogen and oxygen atoms in total. The summed E-state index contributed by atoms with van der Waals surface area (Å²) < 4.78 is 7.14. The average Bonchev–Trinajstić information content (AvgIpc) is 3.19. The molecule has 1 aliphatic rings. The number of methoxy groups -OCH3 is 1. The van der Waals surface area contributed by atoms with Gasteiger partial charge >= 0.3 is 0 Å². The third-order valence-electron chi connectivity index (χ3n) is 5.77. The van der Waals surface area contributed by atoms with Crippen LogP contribution in [-0.2, 0) is 0 Å². The number of benzene rings is 2. The minimum atomic E-state index is -0.189. The van der Waals surface area contributed by atoms with Gasteiger partial charge in [-0.25, -0.2) is 4.68 Å². The van der Waals surface area contributed by atoms with Gasteiger partial charge in [0.05, 0.1) is 35.3 Å². The average molecular weight is 475 g/mol. The lowest BCUT2D eigenvalue weighted by Gasteiger charge is -2.25. The Morgan fingerprint density at radius 2 is 1.94 bits per heavy atom. The highest BCUT2D eigenvalue weighted by atomic mass is 35.5. The van der Waals surface area contributed by atoms with Crippen molar-refractivity contribution >= 4 is 35.6 Å². The van der Waals surface area contributed by atoms with E-state index in [2.05, 4.69) is 47.8 Å². The molecule has 1 aliphatic heterocycles. The Morgan fingerprint density at radius 3 is 2.59 bits per heavy atom. The maximum absolute atomic E-state index is 13.3. The van der Waals surface area contributed by atoms with Crippen molar-refractivity contribution < 1.29 is 9.53 Å². The van der Waals surface area contributed by atoms with Gasteiger partial charge in [-0.05, 0) is 69.6 Å². The molecule has 0 saturated carbocycles. The number of carbonyl (C=O) groups is 1. The molecule has 2 aromatic carbocycles. The largest absolute Gasteiger partial charge is 0.495 e. The van der Waals surface area contributed by atoms with Gasteiger partial charge in [0.15, 0.2) is 0 Å². The van der Waals surface area contributed by atoms with E-state index in [0.29, 0.717) is 22.0 Å². The standard InChI is InChI=1S/C24H27ClN4O2.ClH/c1-15-4-6-21(16(2)12-15)29-23(17-8-10-26-11-9-17)19(14-27-29)24(30)28-18-5-7-22(31-3)20(25)13-18;/h4-7,12-14,17,26H,8-11H2,1-3H3,(H,28,30);1H. The molecule has 1 fully saturated rings. The Hall–Kier alpha value is -2.54. The van der Waals surface area contributed by atoms with Crippen molar-refractivity contribution in [3.05, 3.63) is 70.0 Å². The summed E-state index contributed by atoms with van der Waals surface area (Å²) >= 11 is 6.23. The summed E-state index contributed by atoms with van der Waals surface area (Å²) in [5.41, 5.74) is 5.51. The molecule has 170 valence electrons. The van der Waals surface area contributed by atoms with E-state index in [1.54, 1.807) is 31.5 Å². The first kappa shape index (κ1) is 24.1. The van der Waals surface area contributed by atoms with Gasteiger partial charge in [-0.1, -0.05) is 29.3 Å². The molecule has 32 heavy (non-hydrogen) atoms. The normalized spacial score (nSPS) is 14.0. The van der Waals surface area contributed by atoms with E-state index in [9.17, 15) is 4.79 Å². The molecule has 0 bridgehead atoms. The van der Waals surface area contributed by atoms with E-state index >= 15 is 0 Å². The number of aromatic nitrogens is 2. The lowest BCUT2D eigenvalue weighted by atomic mass is 9.91. The molecule has 1 amide bonds. The van der Waals surface area contributed by atoms with Crippen LogP contribution in [0.5, 0.6) is 5.75 Å². The Kier molecular flexibility index (Phi) is 7.82. The second-order valence-electron chi connectivity index (χ2n) is 7.97. The van der Waals surface area contributed by atoms with E-state index in [-0.39, 0.29) is 24.2 Å². The molecule has 4 rings (SSSR count). The van der Waals surface area contributed by atoms with E-state index in [0.717, 1.165) is 42.9 Å². The van der Waals surface area contributed by atoms with E-state index in [1.165, 1.54) is 5.56 Å². The minimum absolute atomic E-state index is 0. The number of piperidine rings is 1. The van der Waals surface area contributed by atoms with Crippen LogP contribution in [-0.4, -0.2) is 35.9 Å². The third-order valence-corrected chi connectivity index (χ3v) is 6.06. The van der Waals surface area contributed by atoms with Gasteiger partial charge < -0.3 is 15.4 Å². The van der Waals surface area contributed by atoms with Crippen LogP contribution in [0.15, 0.2) is 42.6 Å². The summed E-state index contributed by atoms with van der Waals surface area (Å²) in [5, 5.41) is 11.5. The molecule has 2 heterocycles. The number of amides is 1. The van der Waals surface area contributed by atoms with Crippen molar-refractivity contribution in [3.8, 4) is 11.4 Å². The minimum Gasteiger partial charge on any atom is -0.495 e. The molecule has 1 aromatic heterocycles. The number of rotatable bonds is 5. The summed E-state index contributed by atoms with van der Waals surface area (Å²) in [5.74, 6) is 0.633. The fourth-order valence-electron chi connectivity index (χ4n) is 4.20. The van der Waals surface area contributed by atoms with E-state index in [1.807, 2.05) is 4.68 Å². The maximum atomic E-state index is 13.3. The fraction of sp³-hybridized carbons (Fsp3) is 0.333. The van der Waals surface area contributed by atoms with Crippen LogP contribution >= 0.6 is 24.0 Å². The second-order valence-corrected chi connectivity index (χ2v) is 8.38. The van der Waals surface area contributed by atoms with Gasteiger partial charge in [0.25, 0.3) is 5.91 Å². The monoisotopic (exact) mass is 474 g/mol. The molecule has 0 unspecified atom stereocenters. The number of nitrogens with one attached hydrogen (secondary N) is 2. The maximum Gasteiger partial charge on any atom is 0.259 e. The van der Waals surface area contributed by atoms with Crippen molar-refractivity contribution in [2.45, 2.75) is 32.6 Å². The van der Waals surface area contributed by atoms with Crippen LogP contribution in [0, 0.1) is 13.8 Å². The molecule has 0 atom stereocenters. The lowest BCUT2D eigenvalue weighted by Crippen LogP contribution is -2.29. The Balaban J connectivity index is 0.00000289. The molecule has 0 spiro atoms. The van der Waals surface area contributed by atoms with Crippen LogP contribution in [0.1, 0.15) is 45.9 Å². The fourth-order valence-corrected chi connectivity index (χ4v) is 4.46. The Labute approximate surface area is 199 Å². The number of ether oxygens (including phenoxy) is 1. The first-order valence-electron chi connectivity index (χ1n) is 10.5. The van der Waals surface area contributed by atoms with Gasteiger partial charge in [-0.3, -0.25) is 4.79 Å². The van der Waals surface area contributed by atoms with Gasteiger partial charge in [-0.2, -0.15) is 5.10 Å². The van der Waals surface area contributed by atoms with Crippen molar-refractivity contribution in [2.75, 3.05) is 25.5 Å².